The average Bonchev–Trinajstić information content (AvgIpc) is 3.36. The largest absolute Gasteiger partial charge is 0.347 e. The van der Waals surface area contributed by atoms with Crippen molar-refractivity contribution in [3.8, 4) is 11.3 Å². The fourth-order valence-electron chi connectivity index (χ4n) is 3.67. The molecule has 7 nitrogen and oxygen atoms in total. The Kier molecular flexibility index (Phi) is 4.48. The first kappa shape index (κ1) is 18.1. The summed E-state index contributed by atoms with van der Waals surface area (Å²) in [6, 6.07) is 17.8. The fourth-order valence-corrected chi connectivity index (χ4v) is 3.67. The molecule has 5 rings (SSSR count). The van der Waals surface area contributed by atoms with E-state index in [-0.39, 0.29) is 17.8 Å². The Hall–Kier alpha value is -4.00. The lowest BCUT2D eigenvalue weighted by Gasteiger charge is -2.12. The van der Waals surface area contributed by atoms with Crippen LogP contribution in [0.3, 0.4) is 0 Å². The summed E-state index contributed by atoms with van der Waals surface area (Å²) >= 11 is 0. The minimum absolute atomic E-state index is 0.0241. The number of H-pyrrole nitrogens is 2. The van der Waals surface area contributed by atoms with Gasteiger partial charge in [0.15, 0.2) is 0 Å². The number of imidazole rings is 1. The van der Waals surface area contributed by atoms with E-state index in [1.165, 1.54) is 5.56 Å². The Balaban J connectivity index is 1.41. The number of nitrogens with one attached hydrogen (secondary N) is 3. The topological polar surface area (TPSA) is 99.3 Å². The maximum absolute atomic E-state index is 12.7. The van der Waals surface area contributed by atoms with Crippen LogP contribution >= 0.6 is 0 Å². The number of hydrogen-bond donors (Lipinski definition) is 3. The number of amides is 1. The number of aromatic nitrogens is 5. The molecule has 3 N–H and O–H groups in total. The molecule has 30 heavy (non-hydrogen) atoms. The van der Waals surface area contributed by atoms with Gasteiger partial charge in [0.2, 0.25) is 5.82 Å². The molecular formula is C23H20N6O. The quantitative estimate of drug-likeness (QED) is 0.420. The van der Waals surface area contributed by atoms with E-state index in [2.05, 4.69) is 42.6 Å². The maximum atomic E-state index is 12.7. The van der Waals surface area contributed by atoms with E-state index >= 15 is 0 Å². The van der Waals surface area contributed by atoms with Crippen LogP contribution < -0.4 is 5.32 Å². The van der Waals surface area contributed by atoms with Gasteiger partial charge in [0.1, 0.15) is 0 Å². The predicted molar refractivity (Wildman–Crippen MR) is 116 cm³/mol. The summed E-state index contributed by atoms with van der Waals surface area (Å²) in [7, 11) is 0. The summed E-state index contributed by atoms with van der Waals surface area (Å²) in [5.74, 6) is -0.0776. The van der Waals surface area contributed by atoms with E-state index in [9.17, 15) is 4.79 Å². The van der Waals surface area contributed by atoms with E-state index in [1.807, 2.05) is 49.4 Å². The van der Waals surface area contributed by atoms with Gasteiger partial charge in [-0.15, -0.1) is 0 Å². The van der Waals surface area contributed by atoms with Gasteiger partial charge in [-0.1, -0.05) is 30.3 Å². The van der Waals surface area contributed by atoms with E-state index in [1.54, 1.807) is 12.4 Å². The minimum Gasteiger partial charge on any atom is -0.347 e. The van der Waals surface area contributed by atoms with Crippen molar-refractivity contribution < 1.29 is 4.79 Å². The maximum Gasteiger partial charge on any atom is 0.289 e. The van der Waals surface area contributed by atoms with Crippen molar-refractivity contribution in [2.45, 2.75) is 19.4 Å². The molecule has 0 aliphatic rings. The SMILES string of the molecule is C[C@H](Cc1ccccc1)NC(=O)c1nc2cc3[nH][nH]c(-c4ccncc4)c3cc2n1. The molecular weight excluding hydrogens is 376 g/mol. The highest BCUT2D eigenvalue weighted by molar-refractivity contribution is 6.02. The molecule has 5 aromatic rings. The van der Waals surface area contributed by atoms with Crippen molar-refractivity contribution in [2.75, 3.05) is 0 Å². The van der Waals surface area contributed by atoms with E-state index in [0.29, 0.717) is 11.0 Å². The summed E-state index contributed by atoms with van der Waals surface area (Å²) in [5, 5.41) is 10.3. The predicted octanol–water partition coefficient (Wildman–Crippen LogP) is 3.86. The highest BCUT2D eigenvalue weighted by Crippen LogP contribution is 2.28. The molecule has 3 heterocycles. The molecule has 2 aromatic carbocycles. The van der Waals surface area contributed by atoms with Crippen LogP contribution in [0.15, 0.2) is 67.0 Å². The molecule has 148 valence electrons. The van der Waals surface area contributed by atoms with Crippen LogP contribution in [0.5, 0.6) is 0 Å². The second-order valence-corrected chi connectivity index (χ2v) is 7.36. The number of benzene rings is 2. The lowest BCUT2D eigenvalue weighted by Crippen LogP contribution is -2.34. The first-order chi connectivity index (χ1) is 14.7. The second-order valence-electron chi connectivity index (χ2n) is 7.36. The Morgan fingerprint density at radius 3 is 2.50 bits per heavy atom. The third kappa shape index (κ3) is 3.41. The third-order valence-electron chi connectivity index (χ3n) is 5.09. The monoisotopic (exact) mass is 396 g/mol. The van der Waals surface area contributed by atoms with Crippen LogP contribution in [0.1, 0.15) is 23.1 Å². The van der Waals surface area contributed by atoms with Gasteiger partial charge in [0, 0.05) is 29.4 Å². The summed E-state index contributed by atoms with van der Waals surface area (Å²) in [6.07, 6.45) is 4.25. The summed E-state index contributed by atoms with van der Waals surface area (Å²) in [4.78, 5) is 25.7. The van der Waals surface area contributed by atoms with Crippen molar-refractivity contribution in [3.05, 3.63) is 78.4 Å². The van der Waals surface area contributed by atoms with Gasteiger partial charge in [0.25, 0.3) is 5.91 Å². The molecule has 0 aliphatic carbocycles. The van der Waals surface area contributed by atoms with Crippen LogP contribution in [-0.4, -0.2) is 37.1 Å². The highest BCUT2D eigenvalue weighted by Gasteiger charge is 2.17. The zero-order chi connectivity index (χ0) is 20.5. The average molecular weight is 396 g/mol. The summed E-state index contributed by atoms with van der Waals surface area (Å²) in [6.45, 7) is 1.98. The molecule has 0 fully saturated rings. The van der Waals surface area contributed by atoms with Crippen molar-refractivity contribution in [1.29, 1.82) is 0 Å². The molecule has 0 unspecified atom stereocenters. The molecule has 3 aromatic heterocycles. The van der Waals surface area contributed by atoms with Crippen LogP contribution in [0, 0.1) is 0 Å². The van der Waals surface area contributed by atoms with Gasteiger partial charge in [0.05, 0.1) is 22.2 Å². The number of hydrogen-bond acceptors (Lipinski definition) is 4. The number of carbonyl (C=O) groups is 1. The van der Waals surface area contributed by atoms with Gasteiger partial charge in [-0.05, 0) is 43.2 Å². The number of pyridine rings is 1. The van der Waals surface area contributed by atoms with Crippen LogP contribution in [-0.2, 0) is 6.42 Å². The van der Waals surface area contributed by atoms with Crippen molar-refractivity contribution in [3.63, 3.8) is 0 Å². The number of rotatable bonds is 5. The molecule has 0 radical (unpaired) electrons. The Morgan fingerprint density at radius 2 is 1.73 bits per heavy atom. The molecule has 0 bridgehead atoms. The number of carbonyl (C=O) groups excluding carboxylic acids is 1. The Labute approximate surface area is 172 Å². The Bertz CT molecular complexity index is 1320. The third-order valence-corrected chi connectivity index (χ3v) is 5.09. The minimum atomic E-state index is -0.265. The van der Waals surface area contributed by atoms with E-state index in [0.717, 1.165) is 28.6 Å². The second kappa shape index (κ2) is 7.44. The zero-order valence-corrected chi connectivity index (χ0v) is 16.4. The van der Waals surface area contributed by atoms with E-state index < -0.39 is 0 Å². The molecule has 7 heteroatoms. The van der Waals surface area contributed by atoms with Crippen molar-refractivity contribution >= 4 is 27.8 Å². The van der Waals surface area contributed by atoms with Crippen molar-refractivity contribution in [1.82, 2.24) is 30.5 Å². The van der Waals surface area contributed by atoms with Gasteiger partial charge >= 0.3 is 0 Å². The van der Waals surface area contributed by atoms with Gasteiger partial charge in [-0.2, -0.15) is 0 Å². The number of nitrogens with zero attached hydrogens (tertiary/aromatic N) is 3. The molecule has 1 atom stereocenters. The van der Waals surface area contributed by atoms with Crippen LogP contribution in [0.4, 0.5) is 0 Å². The molecule has 0 spiro atoms. The van der Waals surface area contributed by atoms with Gasteiger partial charge < -0.3 is 10.4 Å². The smallest absolute Gasteiger partial charge is 0.289 e. The highest BCUT2D eigenvalue weighted by atomic mass is 16.2. The number of fused-ring (bicyclic) bond motifs is 2. The van der Waals surface area contributed by atoms with Crippen LogP contribution in [0.25, 0.3) is 33.2 Å². The van der Waals surface area contributed by atoms with Gasteiger partial charge in [-0.25, -0.2) is 9.97 Å². The van der Waals surface area contributed by atoms with Crippen molar-refractivity contribution in [2.24, 2.45) is 0 Å². The lowest BCUT2D eigenvalue weighted by molar-refractivity contribution is 0.0931. The zero-order valence-electron chi connectivity index (χ0n) is 16.4. The first-order valence-corrected chi connectivity index (χ1v) is 9.80. The number of aromatic amines is 2. The van der Waals surface area contributed by atoms with Gasteiger partial charge in [-0.3, -0.25) is 14.9 Å². The van der Waals surface area contributed by atoms with Crippen LogP contribution in [0.2, 0.25) is 0 Å². The standard InChI is InChI=1S/C23H20N6O/c1-14(11-15-5-3-2-4-6-15)25-23(30)22-26-19-12-17-18(13-20(19)27-22)28-29-21(17)16-7-9-24-10-8-16/h2-10,12-14,28-29H,11H2,1H3,(H,25,30)/t14-/m1/s1. The first-order valence-electron chi connectivity index (χ1n) is 9.80. The normalized spacial score (nSPS) is 12.3. The molecule has 0 saturated heterocycles. The Morgan fingerprint density at radius 1 is 1.00 bits per heavy atom. The summed E-state index contributed by atoms with van der Waals surface area (Å²) < 4.78 is 0. The molecule has 1 amide bonds. The summed E-state index contributed by atoms with van der Waals surface area (Å²) in [5.41, 5.74) is 5.40. The lowest BCUT2D eigenvalue weighted by atomic mass is 10.1. The van der Waals surface area contributed by atoms with E-state index in [4.69, 9.17) is 0 Å². The molecule has 0 aliphatic heterocycles. The molecule has 0 saturated carbocycles. The fraction of sp³-hybridized carbons (Fsp3) is 0.130.